The summed E-state index contributed by atoms with van der Waals surface area (Å²) in [6.07, 6.45) is 6.56. The van der Waals surface area contributed by atoms with E-state index in [1.807, 2.05) is 12.2 Å². The highest BCUT2D eigenvalue weighted by Crippen LogP contribution is 2.31. The molecule has 0 radical (unpaired) electrons. The first-order valence-electron chi connectivity index (χ1n) is 5.96. The summed E-state index contributed by atoms with van der Waals surface area (Å²) in [4.78, 5) is 23.9. The summed E-state index contributed by atoms with van der Waals surface area (Å²) in [5.74, 6) is -1.04. The highest BCUT2D eigenvalue weighted by atomic mass is 127. The third-order valence-electron chi connectivity index (χ3n) is 2.76. The molecule has 0 saturated heterocycles. The van der Waals surface area contributed by atoms with E-state index in [4.69, 9.17) is 9.47 Å². The molecule has 0 unspecified atom stereocenters. The SMILES string of the molecule is CCC/C=C/CC(CCI)(C(=O)OC)C(=O)OC. The zero-order valence-electron chi connectivity index (χ0n) is 11.2. The van der Waals surface area contributed by atoms with E-state index in [1.165, 1.54) is 14.2 Å². The van der Waals surface area contributed by atoms with Crippen LogP contribution in [0.2, 0.25) is 0 Å². The molecule has 0 aromatic rings. The van der Waals surface area contributed by atoms with Crippen LogP contribution in [0.4, 0.5) is 0 Å². The van der Waals surface area contributed by atoms with Crippen LogP contribution in [0.5, 0.6) is 0 Å². The van der Waals surface area contributed by atoms with Gasteiger partial charge in [-0.05, 0) is 19.3 Å². The number of esters is 2. The number of halogens is 1. The van der Waals surface area contributed by atoms with Gasteiger partial charge >= 0.3 is 11.9 Å². The lowest BCUT2D eigenvalue weighted by molar-refractivity contribution is -0.169. The van der Waals surface area contributed by atoms with Crippen molar-refractivity contribution in [2.45, 2.75) is 32.6 Å². The smallest absolute Gasteiger partial charge is 0.323 e. The summed E-state index contributed by atoms with van der Waals surface area (Å²) in [7, 11) is 2.59. The largest absolute Gasteiger partial charge is 0.468 e. The molecule has 0 amide bonds. The molecule has 0 bridgehead atoms. The zero-order valence-corrected chi connectivity index (χ0v) is 13.4. The maximum Gasteiger partial charge on any atom is 0.323 e. The average Bonchev–Trinajstić information content (AvgIpc) is 2.40. The number of carbonyl (C=O) groups excluding carboxylic acids is 2. The second-order valence-corrected chi connectivity index (χ2v) is 5.05. The molecule has 0 spiro atoms. The molecule has 104 valence electrons. The molecule has 0 aliphatic rings. The molecule has 0 fully saturated rings. The number of unbranched alkanes of at least 4 members (excludes halogenated alkanes) is 1. The van der Waals surface area contributed by atoms with Crippen LogP contribution in [-0.4, -0.2) is 30.6 Å². The van der Waals surface area contributed by atoms with Crippen molar-refractivity contribution in [3.63, 3.8) is 0 Å². The van der Waals surface area contributed by atoms with Crippen molar-refractivity contribution in [1.29, 1.82) is 0 Å². The Morgan fingerprint density at radius 3 is 2.11 bits per heavy atom. The first-order chi connectivity index (χ1) is 8.58. The molecule has 18 heavy (non-hydrogen) atoms. The van der Waals surface area contributed by atoms with Crippen LogP contribution in [0.25, 0.3) is 0 Å². The number of ether oxygens (including phenoxy) is 2. The summed E-state index contributed by atoms with van der Waals surface area (Å²) in [6.45, 7) is 2.07. The van der Waals surface area contributed by atoms with Crippen LogP contribution in [0, 0.1) is 5.41 Å². The van der Waals surface area contributed by atoms with Crippen LogP contribution < -0.4 is 0 Å². The van der Waals surface area contributed by atoms with Crippen LogP contribution in [0.1, 0.15) is 32.6 Å². The lowest BCUT2D eigenvalue weighted by atomic mass is 9.81. The van der Waals surface area contributed by atoms with Gasteiger partial charge in [0.05, 0.1) is 14.2 Å². The van der Waals surface area contributed by atoms with E-state index in [2.05, 4.69) is 29.5 Å². The summed E-state index contributed by atoms with van der Waals surface area (Å²) in [6, 6.07) is 0. The molecular formula is C13H21IO4. The lowest BCUT2D eigenvalue weighted by Gasteiger charge is -2.26. The number of hydrogen-bond acceptors (Lipinski definition) is 4. The predicted octanol–water partition coefficient (Wildman–Crippen LogP) is 2.89. The first kappa shape index (κ1) is 17.4. The minimum atomic E-state index is -1.20. The molecule has 0 atom stereocenters. The van der Waals surface area contributed by atoms with Gasteiger partial charge in [0.15, 0.2) is 5.41 Å². The van der Waals surface area contributed by atoms with Gasteiger partial charge < -0.3 is 9.47 Å². The Balaban J connectivity index is 5.07. The minimum Gasteiger partial charge on any atom is -0.468 e. The van der Waals surface area contributed by atoms with Crippen molar-refractivity contribution in [3.8, 4) is 0 Å². The van der Waals surface area contributed by atoms with Crippen LogP contribution >= 0.6 is 22.6 Å². The van der Waals surface area contributed by atoms with Gasteiger partial charge in [-0.25, -0.2) is 0 Å². The van der Waals surface area contributed by atoms with E-state index >= 15 is 0 Å². The Labute approximate surface area is 122 Å². The second-order valence-electron chi connectivity index (χ2n) is 3.97. The Kier molecular flexibility index (Phi) is 9.05. The van der Waals surface area contributed by atoms with Crippen molar-refractivity contribution in [2.75, 3.05) is 18.6 Å². The summed E-state index contributed by atoms with van der Waals surface area (Å²) < 4.78 is 10.2. The van der Waals surface area contributed by atoms with E-state index in [1.54, 1.807) is 0 Å². The van der Waals surface area contributed by atoms with E-state index in [9.17, 15) is 9.59 Å². The Hall–Kier alpha value is -0.590. The van der Waals surface area contributed by atoms with Crippen molar-refractivity contribution < 1.29 is 19.1 Å². The second kappa shape index (κ2) is 9.35. The summed E-state index contributed by atoms with van der Waals surface area (Å²) in [5.41, 5.74) is -1.20. The molecule has 0 rings (SSSR count). The Bertz CT molecular complexity index is 283. The third kappa shape index (κ3) is 4.59. The van der Waals surface area contributed by atoms with Gasteiger partial charge in [0, 0.05) is 4.43 Å². The number of carbonyl (C=O) groups is 2. The number of methoxy groups -OCH3 is 2. The fourth-order valence-corrected chi connectivity index (χ4v) is 2.60. The molecule has 5 heteroatoms. The van der Waals surface area contributed by atoms with Crippen molar-refractivity contribution in [1.82, 2.24) is 0 Å². The zero-order chi connectivity index (χ0) is 14.0. The van der Waals surface area contributed by atoms with Crippen LogP contribution in [0.3, 0.4) is 0 Å². The van der Waals surface area contributed by atoms with Gasteiger partial charge in [0.25, 0.3) is 0 Å². The van der Waals surface area contributed by atoms with Gasteiger partial charge in [0.2, 0.25) is 0 Å². The number of rotatable bonds is 8. The van der Waals surface area contributed by atoms with E-state index < -0.39 is 17.4 Å². The van der Waals surface area contributed by atoms with Gasteiger partial charge in [-0.1, -0.05) is 48.1 Å². The summed E-state index contributed by atoms with van der Waals surface area (Å²) in [5, 5.41) is 0. The molecule has 0 aliphatic carbocycles. The fourth-order valence-electron chi connectivity index (χ4n) is 1.68. The Morgan fingerprint density at radius 2 is 1.72 bits per heavy atom. The maximum absolute atomic E-state index is 11.9. The number of allylic oxidation sites excluding steroid dienone is 2. The molecule has 0 N–H and O–H groups in total. The topological polar surface area (TPSA) is 52.6 Å². The van der Waals surface area contributed by atoms with Crippen molar-refractivity contribution in [3.05, 3.63) is 12.2 Å². The quantitative estimate of drug-likeness (QED) is 0.217. The fraction of sp³-hybridized carbons (Fsp3) is 0.692. The average molecular weight is 368 g/mol. The Morgan fingerprint density at radius 1 is 1.17 bits per heavy atom. The minimum absolute atomic E-state index is 0.329. The van der Waals surface area contributed by atoms with Gasteiger partial charge in [-0.3, -0.25) is 9.59 Å². The van der Waals surface area contributed by atoms with Gasteiger partial charge in [-0.2, -0.15) is 0 Å². The summed E-state index contributed by atoms with van der Waals surface area (Å²) >= 11 is 2.14. The van der Waals surface area contributed by atoms with E-state index in [-0.39, 0.29) is 0 Å². The predicted molar refractivity (Wildman–Crippen MR) is 78.6 cm³/mol. The lowest BCUT2D eigenvalue weighted by Crippen LogP contribution is -2.41. The van der Waals surface area contributed by atoms with Crippen LogP contribution in [0.15, 0.2) is 12.2 Å². The molecule has 0 aromatic carbocycles. The molecule has 0 saturated carbocycles. The highest BCUT2D eigenvalue weighted by molar-refractivity contribution is 14.1. The van der Waals surface area contributed by atoms with Crippen molar-refractivity contribution in [2.24, 2.45) is 5.41 Å². The monoisotopic (exact) mass is 368 g/mol. The van der Waals surface area contributed by atoms with Crippen molar-refractivity contribution >= 4 is 34.5 Å². The highest BCUT2D eigenvalue weighted by Gasteiger charge is 2.46. The van der Waals surface area contributed by atoms with Gasteiger partial charge in [0.1, 0.15) is 0 Å². The standard InChI is InChI=1S/C13H21IO4/c1-4-5-6-7-8-13(9-10-14,11(15)17-2)12(16)18-3/h6-7H,4-5,8-10H2,1-3H3/b7-6+. The molecular weight excluding hydrogens is 347 g/mol. The van der Waals surface area contributed by atoms with E-state index in [0.29, 0.717) is 17.3 Å². The van der Waals surface area contributed by atoms with E-state index in [0.717, 1.165) is 12.8 Å². The first-order valence-corrected chi connectivity index (χ1v) is 7.49. The molecule has 0 aliphatic heterocycles. The number of alkyl halides is 1. The molecule has 4 nitrogen and oxygen atoms in total. The maximum atomic E-state index is 11.9. The normalized spacial score (nSPS) is 11.6. The molecule has 0 aromatic heterocycles. The number of hydrogen-bond donors (Lipinski definition) is 0. The molecule has 0 heterocycles. The third-order valence-corrected chi connectivity index (χ3v) is 3.30. The van der Waals surface area contributed by atoms with Gasteiger partial charge in [-0.15, -0.1) is 0 Å². The van der Waals surface area contributed by atoms with Crippen LogP contribution in [-0.2, 0) is 19.1 Å².